The number of aromatic nitrogens is 1. The second kappa shape index (κ2) is 6.73. The number of nitrogens with zero attached hydrogens (tertiary/aromatic N) is 3. The van der Waals surface area contributed by atoms with Crippen molar-refractivity contribution in [1.29, 1.82) is 0 Å². The highest BCUT2D eigenvalue weighted by Gasteiger charge is 2.24. The van der Waals surface area contributed by atoms with Crippen molar-refractivity contribution in [3.05, 3.63) is 29.6 Å². The third-order valence-corrected chi connectivity index (χ3v) is 3.88. The fraction of sp³-hybridized carbons (Fsp3) is 0.625. The predicted molar refractivity (Wildman–Crippen MR) is 80.4 cm³/mol. The number of aryl methyl sites for hydroxylation is 1. The van der Waals surface area contributed by atoms with Gasteiger partial charge >= 0.3 is 6.03 Å². The highest BCUT2D eigenvalue weighted by Crippen LogP contribution is 2.17. The number of amides is 2. The molecular formula is C16H25N3O. The highest BCUT2D eigenvalue weighted by atomic mass is 16.2. The molecule has 110 valence electrons. The van der Waals surface area contributed by atoms with Crippen LogP contribution in [0.25, 0.3) is 0 Å². The molecule has 0 bridgehead atoms. The average molecular weight is 275 g/mol. The minimum Gasteiger partial charge on any atom is -0.324 e. The summed E-state index contributed by atoms with van der Waals surface area (Å²) in [5.41, 5.74) is 1.96. The van der Waals surface area contributed by atoms with Gasteiger partial charge < -0.3 is 9.80 Å². The molecule has 0 aliphatic carbocycles. The van der Waals surface area contributed by atoms with Gasteiger partial charge in [0.25, 0.3) is 0 Å². The van der Waals surface area contributed by atoms with Crippen LogP contribution in [-0.2, 0) is 6.54 Å². The molecule has 0 aromatic carbocycles. The van der Waals surface area contributed by atoms with E-state index in [1.165, 1.54) is 6.42 Å². The van der Waals surface area contributed by atoms with Crippen LogP contribution in [0.1, 0.15) is 38.1 Å². The van der Waals surface area contributed by atoms with Gasteiger partial charge in [0.15, 0.2) is 0 Å². The van der Waals surface area contributed by atoms with Crippen LogP contribution >= 0.6 is 0 Å². The molecule has 1 fully saturated rings. The maximum Gasteiger partial charge on any atom is 0.320 e. The molecule has 1 aliphatic heterocycles. The third kappa shape index (κ3) is 3.71. The molecule has 2 amide bonds. The lowest BCUT2D eigenvalue weighted by atomic mass is 10.0. The topological polar surface area (TPSA) is 36.4 Å². The van der Waals surface area contributed by atoms with Crippen LogP contribution < -0.4 is 0 Å². The SMILES string of the molecule is CCN(Cc1cccc(C)n1)C(=O)N1CCCC(C)C1. The lowest BCUT2D eigenvalue weighted by Gasteiger charge is -2.35. The molecule has 1 saturated heterocycles. The number of pyridine rings is 1. The van der Waals surface area contributed by atoms with Crippen molar-refractivity contribution in [3.63, 3.8) is 0 Å². The minimum atomic E-state index is 0.155. The van der Waals surface area contributed by atoms with E-state index in [-0.39, 0.29) is 6.03 Å². The van der Waals surface area contributed by atoms with Gasteiger partial charge in [-0.05, 0) is 44.7 Å². The average Bonchev–Trinajstić information content (AvgIpc) is 2.44. The molecule has 1 atom stereocenters. The molecule has 0 saturated carbocycles. The predicted octanol–water partition coefficient (Wildman–Crippen LogP) is 3.06. The lowest BCUT2D eigenvalue weighted by molar-refractivity contribution is 0.130. The van der Waals surface area contributed by atoms with Gasteiger partial charge in [0.1, 0.15) is 0 Å². The summed E-state index contributed by atoms with van der Waals surface area (Å²) in [5.74, 6) is 0.614. The van der Waals surface area contributed by atoms with Crippen molar-refractivity contribution in [1.82, 2.24) is 14.8 Å². The zero-order valence-electron chi connectivity index (χ0n) is 12.8. The van der Waals surface area contributed by atoms with Gasteiger partial charge in [-0.15, -0.1) is 0 Å². The lowest BCUT2D eigenvalue weighted by Crippen LogP contribution is -2.46. The maximum atomic E-state index is 12.6. The Hall–Kier alpha value is -1.58. The van der Waals surface area contributed by atoms with Crippen molar-refractivity contribution in [3.8, 4) is 0 Å². The number of hydrogen-bond donors (Lipinski definition) is 0. The van der Waals surface area contributed by atoms with Gasteiger partial charge in [0.2, 0.25) is 0 Å². The molecule has 0 spiro atoms. The Morgan fingerprint density at radius 2 is 2.30 bits per heavy atom. The molecule has 2 heterocycles. The molecule has 20 heavy (non-hydrogen) atoms. The van der Waals surface area contributed by atoms with E-state index in [1.807, 2.05) is 41.8 Å². The van der Waals surface area contributed by atoms with Crippen molar-refractivity contribution >= 4 is 6.03 Å². The summed E-state index contributed by atoms with van der Waals surface area (Å²) in [6.07, 6.45) is 2.35. The summed E-state index contributed by atoms with van der Waals surface area (Å²) in [5, 5.41) is 0. The molecular weight excluding hydrogens is 250 g/mol. The normalized spacial score (nSPS) is 18.9. The number of hydrogen-bond acceptors (Lipinski definition) is 2. The van der Waals surface area contributed by atoms with E-state index in [4.69, 9.17) is 0 Å². The van der Waals surface area contributed by atoms with Crippen LogP contribution in [0, 0.1) is 12.8 Å². The number of carbonyl (C=O) groups excluding carboxylic acids is 1. The molecule has 1 aliphatic rings. The molecule has 4 nitrogen and oxygen atoms in total. The summed E-state index contributed by atoms with van der Waals surface area (Å²) in [4.78, 5) is 21.0. The quantitative estimate of drug-likeness (QED) is 0.850. The van der Waals surface area contributed by atoms with Gasteiger partial charge in [-0.25, -0.2) is 4.79 Å². The largest absolute Gasteiger partial charge is 0.324 e. The zero-order valence-corrected chi connectivity index (χ0v) is 12.8. The molecule has 2 rings (SSSR count). The molecule has 4 heteroatoms. The number of carbonyl (C=O) groups is 1. The van der Waals surface area contributed by atoms with Crippen LogP contribution in [0.2, 0.25) is 0 Å². The van der Waals surface area contributed by atoms with Crippen LogP contribution in [0.4, 0.5) is 4.79 Å². The standard InChI is InChI=1S/C16H25N3O/c1-4-18(12-15-9-5-8-14(3)17-15)16(20)19-10-6-7-13(2)11-19/h5,8-9,13H,4,6-7,10-12H2,1-3H3. The van der Waals surface area contributed by atoms with Crippen LogP contribution in [0.15, 0.2) is 18.2 Å². The summed E-state index contributed by atoms with van der Waals surface area (Å²) in [7, 11) is 0. The highest BCUT2D eigenvalue weighted by molar-refractivity contribution is 5.74. The van der Waals surface area contributed by atoms with Gasteiger partial charge in [0.05, 0.1) is 12.2 Å². The van der Waals surface area contributed by atoms with Crippen LogP contribution in [0.3, 0.4) is 0 Å². The van der Waals surface area contributed by atoms with Crippen LogP contribution in [-0.4, -0.2) is 40.4 Å². The molecule has 0 N–H and O–H groups in total. The van der Waals surface area contributed by atoms with Gasteiger partial charge in [-0.3, -0.25) is 4.98 Å². The van der Waals surface area contributed by atoms with E-state index in [9.17, 15) is 4.79 Å². The van der Waals surface area contributed by atoms with E-state index >= 15 is 0 Å². The summed E-state index contributed by atoms with van der Waals surface area (Å²) in [6, 6.07) is 6.12. The third-order valence-electron chi connectivity index (χ3n) is 3.88. The fourth-order valence-electron chi connectivity index (χ4n) is 2.76. The van der Waals surface area contributed by atoms with Crippen molar-refractivity contribution in [2.24, 2.45) is 5.92 Å². The van der Waals surface area contributed by atoms with E-state index in [1.54, 1.807) is 0 Å². The number of likely N-dealkylation sites (tertiary alicyclic amines) is 1. The Bertz CT molecular complexity index is 461. The number of rotatable bonds is 3. The first-order valence-electron chi connectivity index (χ1n) is 7.56. The van der Waals surface area contributed by atoms with E-state index in [2.05, 4.69) is 11.9 Å². The van der Waals surface area contributed by atoms with Crippen LogP contribution in [0.5, 0.6) is 0 Å². The number of urea groups is 1. The summed E-state index contributed by atoms with van der Waals surface area (Å²) in [6.45, 7) is 9.32. The van der Waals surface area contributed by atoms with Crippen molar-refractivity contribution < 1.29 is 4.79 Å². The minimum absolute atomic E-state index is 0.155. The van der Waals surface area contributed by atoms with Crippen molar-refractivity contribution in [2.45, 2.75) is 40.2 Å². The second-order valence-corrected chi connectivity index (χ2v) is 5.76. The first-order chi connectivity index (χ1) is 9.60. The molecule has 1 aromatic heterocycles. The Balaban J connectivity index is 2.02. The fourth-order valence-corrected chi connectivity index (χ4v) is 2.76. The Labute approximate surface area is 121 Å². The maximum absolute atomic E-state index is 12.6. The molecule has 1 unspecified atom stereocenters. The Morgan fingerprint density at radius 1 is 1.50 bits per heavy atom. The Morgan fingerprint density at radius 3 is 2.95 bits per heavy atom. The zero-order chi connectivity index (χ0) is 14.5. The Kier molecular flexibility index (Phi) is 4.99. The molecule has 1 aromatic rings. The molecule has 0 radical (unpaired) electrons. The monoisotopic (exact) mass is 275 g/mol. The van der Waals surface area contributed by atoms with E-state index in [0.717, 1.165) is 37.4 Å². The van der Waals surface area contributed by atoms with E-state index < -0.39 is 0 Å². The van der Waals surface area contributed by atoms with Gasteiger partial charge in [-0.1, -0.05) is 13.0 Å². The van der Waals surface area contributed by atoms with E-state index in [0.29, 0.717) is 12.5 Å². The summed E-state index contributed by atoms with van der Waals surface area (Å²) < 4.78 is 0. The smallest absolute Gasteiger partial charge is 0.320 e. The summed E-state index contributed by atoms with van der Waals surface area (Å²) >= 11 is 0. The first kappa shape index (κ1) is 14.8. The second-order valence-electron chi connectivity index (χ2n) is 5.76. The first-order valence-corrected chi connectivity index (χ1v) is 7.56. The van der Waals surface area contributed by atoms with Gasteiger partial charge in [-0.2, -0.15) is 0 Å². The van der Waals surface area contributed by atoms with Crippen molar-refractivity contribution in [2.75, 3.05) is 19.6 Å². The van der Waals surface area contributed by atoms with Gasteiger partial charge in [0, 0.05) is 25.3 Å². The number of piperidine rings is 1.